The minimum atomic E-state index is 0. The Kier molecular flexibility index (Phi) is 8.81. The first kappa shape index (κ1) is 20.5. The van der Waals surface area contributed by atoms with Crippen molar-refractivity contribution >= 4 is 29.9 Å². The molecule has 0 unspecified atom stereocenters. The number of nitrogens with one attached hydrogen (secondary N) is 1. The van der Waals surface area contributed by atoms with E-state index in [4.69, 9.17) is 4.52 Å². The van der Waals surface area contributed by atoms with Crippen LogP contribution in [0.4, 0.5) is 0 Å². The molecule has 24 heavy (non-hydrogen) atoms. The second-order valence-electron chi connectivity index (χ2n) is 5.88. The van der Waals surface area contributed by atoms with Crippen LogP contribution >= 0.6 is 24.0 Å². The second-order valence-corrected chi connectivity index (χ2v) is 5.88. The lowest BCUT2D eigenvalue weighted by molar-refractivity contribution is 0.375. The highest BCUT2D eigenvalue weighted by Gasteiger charge is 2.09. The zero-order valence-electron chi connectivity index (χ0n) is 14.8. The van der Waals surface area contributed by atoms with Crippen LogP contribution < -0.4 is 5.32 Å². The molecule has 2 rings (SSSR count). The van der Waals surface area contributed by atoms with Gasteiger partial charge in [-0.05, 0) is 18.4 Å². The molecule has 1 N–H and O–H groups in total. The molecule has 2 aromatic rings. The molecule has 0 aliphatic heterocycles. The molecule has 0 saturated heterocycles. The quantitative estimate of drug-likeness (QED) is 0.417. The number of halogens is 1. The largest absolute Gasteiger partial charge is 0.359 e. The van der Waals surface area contributed by atoms with E-state index in [0.717, 1.165) is 30.5 Å². The average Bonchev–Trinajstić information content (AvgIpc) is 3.01. The third kappa shape index (κ3) is 6.14. The lowest BCUT2D eigenvalue weighted by Gasteiger charge is -2.22. The van der Waals surface area contributed by atoms with Crippen LogP contribution in [0.5, 0.6) is 0 Å². The average molecular weight is 442 g/mol. The van der Waals surface area contributed by atoms with Crippen molar-refractivity contribution in [3.8, 4) is 0 Å². The van der Waals surface area contributed by atoms with Gasteiger partial charge in [-0.3, -0.25) is 0 Å². The van der Waals surface area contributed by atoms with Crippen LogP contribution in [-0.4, -0.2) is 29.6 Å². The molecule has 0 amide bonds. The van der Waals surface area contributed by atoms with E-state index in [1.807, 2.05) is 19.2 Å². The normalized spacial score (nSPS) is 11.3. The molecule has 1 aromatic heterocycles. The first-order valence-corrected chi connectivity index (χ1v) is 8.09. The summed E-state index contributed by atoms with van der Waals surface area (Å²) in [6, 6.07) is 12.3. The summed E-state index contributed by atoms with van der Waals surface area (Å²) in [6.45, 7) is 8.38. The summed E-state index contributed by atoms with van der Waals surface area (Å²) < 4.78 is 5.35. The maximum atomic E-state index is 5.35. The summed E-state index contributed by atoms with van der Waals surface area (Å²) >= 11 is 0. The van der Waals surface area contributed by atoms with E-state index in [1.54, 1.807) is 0 Å². The van der Waals surface area contributed by atoms with Crippen molar-refractivity contribution in [1.82, 2.24) is 15.4 Å². The standard InChI is InChI=1S/C18H26N4O.HI/c1-5-19-18(22(4)13-15-9-7-6-8-10-15)20-12-16-11-17(14(2)3)21-23-16;/h6-11,14H,5,12-13H2,1-4H3,(H,19,20);1H. The Morgan fingerprint density at radius 1 is 1.29 bits per heavy atom. The van der Waals surface area contributed by atoms with Crippen molar-refractivity contribution in [3.05, 3.63) is 53.4 Å². The van der Waals surface area contributed by atoms with Crippen molar-refractivity contribution < 1.29 is 4.52 Å². The first-order chi connectivity index (χ1) is 11.1. The van der Waals surface area contributed by atoms with Gasteiger partial charge in [0.15, 0.2) is 11.7 Å². The van der Waals surface area contributed by atoms with Gasteiger partial charge in [-0.25, -0.2) is 4.99 Å². The lowest BCUT2D eigenvalue weighted by Crippen LogP contribution is -2.38. The molecule has 0 aliphatic rings. The van der Waals surface area contributed by atoms with Crippen LogP contribution in [-0.2, 0) is 13.1 Å². The fourth-order valence-corrected chi connectivity index (χ4v) is 2.23. The molecule has 132 valence electrons. The Hall–Kier alpha value is -1.57. The third-order valence-electron chi connectivity index (χ3n) is 3.51. The van der Waals surface area contributed by atoms with E-state index in [0.29, 0.717) is 12.5 Å². The van der Waals surface area contributed by atoms with Gasteiger partial charge in [0.2, 0.25) is 0 Å². The molecule has 0 radical (unpaired) electrons. The van der Waals surface area contributed by atoms with Crippen molar-refractivity contribution in [2.75, 3.05) is 13.6 Å². The predicted octanol–water partition coefficient (Wildman–Crippen LogP) is 4.01. The zero-order chi connectivity index (χ0) is 16.7. The molecular weight excluding hydrogens is 415 g/mol. The van der Waals surface area contributed by atoms with Crippen LogP contribution in [0.2, 0.25) is 0 Å². The Bertz CT molecular complexity index is 625. The van der Waals surface area contributed by atoms with Crippen LogP contribution in [0.15, 0.2) is 45.9 Å². The highest BCUT2D eigenvalue weighted by atomic mass is 127. The van der Waals surface area contributed by atoms with Gasteiger partial charge in [-0.2, -0.15) is 0 Å². The Morgan fingerprint density at radius 2 is 2.00 bits per heavy atom. The Labute approximate surface area is 161 Å². The summed E-state index contributed by atoms with van der Waals surface area (Å²) in [5, 5.41) is 7.39. The maximum Gasteiger partial charge on any atom is 0.194 e. The summed E-state index contributed by atoms with van der Waals surface area (Å²) in [6.07, 6.45) is 0. The van der Waals surface area contributed by atoms with Crippen molar-refractivity contribution in [2.24, 2.45) is 4.99 Å². The lowest BCUT2D eigenvalue weighted by atomic mass is 10.1. The van der Waals surface area contributed by atoms with Gasteiger partial charge < -0.3 is 14.7 Å². The highest BCUT2D eigenvalue weighted by molar-refractivity contribution is 14.0. The number of nitrogens with zero attached hydrogens (tertiary/aromatic N) is 3. The zero-order valence-corrected chi connectivity index (χ0v) is 17.2. The van der Waals surface area contributed by atoms with Gasteiger partial charge in [0, 0.05) is 26.2 Å². The summed E-state index contributed by atoms with van der Waals surface area (Å²) in [5.41, 5.74) is 2.22. The predicted molar refractivity (Wildman–Crippen MR) is 109 cm³/mol. The minimum absolute atomic E-state index is 0. The first-order valence-electron chi connectivity index (χ1n) is 8.09. The molecule has 0 saturated carbocycles. The summed E-state index contributed by atoms with van der Waals surface area (Å²) in [5.74, 6) is 2.02. The number of hydrogen-bond donors (Lipinski definition) is 1. The molecule has 0 fully saturated rings. The smallest absolute Gasteiger partial charge is 0.194 e. The molecule has 0 aliphatic carbocycles. The molecule has 0 atom stereocenters. The minimum Gasteiger partial charge on any atom is -0.359 e. The molecule has 0 bridgehead atoms. The van der Waals surface area contributed by atoms with Gasteiger partial charge in [0.05, 0.1) is 5.69 Å². The monoisotopic (exact) mass is 442 g/mol. The van der Waals surface area contributed by atoms with E-state index in [-0.39, 0.29) is 24.0 Å². The summed E-state index contributed by atoms with van der Waals surface area (Å²) in [7, 11) is 2.04. The van der Waals surface area contributed by atoms with E-state index < -0.39 is 0 Å². The van der Waals surface area contributed by atoms with E-state index in [2.05, 4.69) is 65.4 Å². The van der Waals surface area contributed by atoms with Crippen LogP contribution in [0.3, 0.4) is 0 Å². The van der Waals surface area contributed by atoms with Crippen molar-refractivity contribution in [3.63, 3.8) is 0 Å². The SMILES string of the molecule is CCNC(=NCc1cc(C(C)C)no1)N(C)Cc1ccccc1.I. The van der Waals surface area contributed by atoms with Gasteiger partial charge in [-0.1, -0.05) is 49.3 Å². The molecule has 6 heteroatoms. The van der Waals surface area contributed by atoms with E-state index in [9.17, 15) is 0 Å². The van der Waals surface area contributed by atoms with Crippen LogP contribution in [0.1, 0.15) is 43.7 Å². The molecule has 0 spiro atoms. The van der Waals surface area contributed by atoms with Crippen molar-refractivity contribution in [2.45, 2.75) is 39.8 Å². The number of guanidine groups is 1. The maximum absolute atomic E-state index is 5.35. The Morgan fingerprint density at radius 3 is 2.58 bits per heavy atom. The van der Waals surface area contributed by atoms with Gasteiger partial charge in [-0.15, -0.1) is 24.0 Å². The van der Waals surface area contributed by atoms with Gasteiger partial charge in [0.25, 0.3) is 0 Å². The molecule has 5 nitrogen and oxygen atoms in total. The Balaban J connectivity index is 0.00000288. The van der Waals surface area contributed by atoms with Crippen LogP contribution in [0, 0.1) is 0 Å². The highest BCUT2D eigenvalue weighted by Crippen LogP contribution is 2.14. The fourth-order valence-electron chi connectivity index (χ4n) is 2.23. The van der Waals surface area contributed by atoms with E-state index >= 15 is 0 Å². The number of aromatic nitrogens is 1. The molecule has 1 aromatic carbocycles. The van der Waals surface area contributed by atoms with Gasteiger partial charge >= 0.3 is 0 Å². The van der Waals surface area contributed by atoms with E-state index in [1.165, 1.54) is 5.56 Å². The number of rotatable bonds is 6. The summed E-state index contributed by atoms with van der Waals surface area (Å²) in [4.78, 5) is 6.76. The molecule has 1 heterocycles. The van der Waals surface area contributed by atoms with Crippen molar-refractivity contribution in [1.29, 1.82) is 0 Å². The fraction of sp³-hybridized carbons (Fsp3) is 0.444. The van der Waals surface area contributed by atoms with Crippen LogP contribution in [0.25, 0.3) is 0 Å². The topological polar surface area (TPSA) is 53.7 Å². The number of benzene rings is 1. The second kappa shape index (κ2) is 10.3. The molecular formula is C18H27IN4O. The third-order valence-corrected chi connectivity index (χ3v) is 3.51. The van der Waals surface area contributed by atoms with Gasteiger partial charge in [0.1, 0.15) is 6.54 Å². The number of hydrogen-bond acceptors (Lipinski definition) is 3. The number of aliphatic imine (C=N–C) groups is 1.